The second-order valence-corrected chi connectivity index (χ2v) is 5.32. The van der Waals surface area contributed by atoms with E-state index < -0.39 is 0 Å². The third-order valence-electron chi connectivity index (χ3n) is 4.06. The van der Waals surface area contributed by atoms with Gasteiger partial charge in [-0.05, 0) is 19.8 Å². The minimum atomic E-state index is -0.188. The van der Waals surface area contributed by atoms with Crippen molar-refractivity contribution in [3.63, 3.8) is 0 Å². The summed E-state index contributed by atoms with van der Waals surface area (Å²) >= 11 is 0. The van der Waals surface area contributed by atoms with Gasteiger partial charge >= 0.3 is 0 Å². The molecule has 0 aromatic heterocycles. The molecule has 2 aliphatic rings. The topological polar surface area (TPSA) is 61.8 Å². The fraction of sp³-hybridized carbons (Fsp3) is 0.923. The highest BCUT2D eigenvalue weighted by Crippen LogP contribution is 2.18. The van der Waals surface area contributed by atoms with E-state index in [2.05, 4.69) is 5.32 Å². The van der Waals surface area contributed by atoms with Crippen LogP contribution < -0.4 is 5.32 Å². The smallest absolute Gasteiger partial charge is 0.237 e. The van der Waals surface area contributed by atoms with Crippen LogP contribution in [0.25, 0.3) is 0 Å². The average molecular weight is 256 g/mol. The molecule has 1 saturated carbocycles. The van der Waals surface area contributed by atoms with Gasteiger partial charge in [-0.2, -0.15) is 0 Å². The predicted molar refractivity (Wildman–Crippen MR) is 68.3 cm³/mol. The number of aliphatic hydroxyl groups excluding tert-OH is 1. The van der Waals surface area contributed by atoms with E-state index in [1.54, 1.807) is 0 Å². The predicted octanol–water partition coefficient (Wildman–Crippen LogP) is 0.127. The van der Waals surface area contributed by atoms with E-state index in [1.807, 2.05) is 11.8 Å². The number of hydrogen-bond acceptors (Lipinski definition) is 4. The first-order chi connectivity index (χ1) is 8.72. The Morgan fingerprint density at radius 3 is 2.89 bits per heavy atom. The summed E-state index contributed by atoms with van der Waals surface area (Å²) in [7, 11) is 0. The van der Waals surface area contributed by atoms with Crippen molar-refractivity contribution in [2.75, 3.05) is 26.4 Å². The van der Waals surface area contributed by atoms with Gasteiger partial charge in [-0.15, -0.1) is 0 Å². The highest BCUT2D eigenvalue weighted by Gasteiger charge is 2.31. The van der Waals surface area contributed by atoms with Crippen molar-refractivity contribution in [1.29, 1.82) is 0 Å². The van der Waals surface area contributed by atoms with Gasteiger partial charge < -0.3 is 15.2 Å². The van der Waals surface area contributed by atoms with Crippen molar-refractivity contribution in [2.24, 2.45) is 0 Å². The first kappa shape index (κ1) is 13.8. The summed E-state index contributed by atoms with van der Waals surface area (Å²) in [6.45, 7) is 3.82. The average Bonchev–Trinajstić information content (AvgIpc) is 2.90. The lowest BCUT2D eigenvalue weighted by atomic mass is 10.1. The Balaban J connectivity index is 1.87. The van der Waals surface area contributed by atoms with Crippen molar-refractivity contribution in [3.8, 4) is 0 Å². The molecule has 0 spiro atoms. The van der Waals surface area contributed by atoms with Crippen LogP contribution in [0.1, 0.15) is 32.6 Å². The van der Waals surface area contributed by atoms with Gasteiger partial charge in [0.1, 0.15) is 0 Å². The lowest BCUT2D eigenvalue weighted by molar-refractivity contribution is -0.131. The van der Waals surface area contributed by atoms with Gasteiger partial charge in [0.2, 0.25) is 5.91 Å². The van der Waals surface area contributed by atoms with Crippen LogP contribution in [0.4, 0.5) is 0 Å². The third-order valence-corrected chi connectivity index (χ3v) is 4.06. The van der Waals surface area contributed by atoms with E-state index in [9.17, 15) is 9.90 Å². The van der Waals surface area contributed by atoms with Gasteiger partial charge in [0.25, 0.3) is 0 Å². The van der Waals surface area contributed by atoms with E-state index in [0.29, 0.717) is 25.8 Å². The molecule has 1 aliphatic heterocycles. The first-order valence-electron chi connectivity index (χ1n) is 6.97. The Bertz CT molecular complexity index is 279. The molecule has 1 saturated heterocycles. The molecule has 0 aromatic carbocycles. The highest BCUT2D eigenvalue weighted by atomic mass is 16.5. The molecule has 18 heavy (non-hydrogen) atoms. The van der Waals surface area contributed by atoms with Gasteiger partial charge in [0.15, 0.2) is 0 Å². The largest absolute Gasteiger partial charge is 0.395 e. The molecule has 0 bridgehead atoms. The summed E-state index contributed by atoms with van der Waals surface area (Å²) in [5.41, 5.74) is 0. The molecule has 2 atom stereocenters. The van der Waals surface area contributed by atoms with Crippen LogP contribution in [-0.2, 0) is 9.53 Å². The van der Waals surface area contributed by atoms with Gasteiger partial charge in [0, 0.05) is 12.6 Å². The number of nitrogens with one attached hydrogen (secondary N) is 1. The minimum Gasteiger partial charge on any atom is -0.395 e. The first-order valence-corrected chi connectivity index (χ1v) is 6.97. The zero-order valence-corrected chi connectivity index (χ0v) is 11.1. The molecule has 0 radical (unpaired) electrons. The van der Waals surface area contributed by atoms with E-state index in [1.165, 1.54) is 12.8 Å². The molecule has 1 amide bonds. The summed E-state index contributed by atoms with van der Waals surface area (Å²) < 4.78 is 5.33. The zero-order valence-electron chi connectivity index (χ0n) is 11.1. The Morgan fingerprint density at radius 1 is 1.50 bits per heavy atom. The number of carbonyl (C=O) groups is 1. The maximum atomic E-state index is 12.2. The summed E-state index contributed by atoms with van der Waals surface area (Å²) in [6.07, 6.45) is 4.64. The molecule has 5 heteroatoms. The van der Waals surface area contributed by atoms with Crippen molar-refractivity contribution in [1.82, 2.24) is 10.2 Å². The summed E-state index contributed by atoms with van der Waals surface area (Å²) in [5, 5.41) is 12.4. The molecular weight excluding hydrogens is 232 g/mol. The Hall–Kier alpha value is -0.650. The number of nitrogens with zero attached hydrogens (tertiary/aromatic N) is 1. The van der Waals surface area contributed by atoms with Crippen LogP contribution >= 0.6 is 0 Å². The van der Waals surface area contributed by atoms with Gasteiger partial charge in [-0.1, -0.05) is 12.8 Å². The molecule has 2 rings (SSSR count). The monoisotopic (exact) mass is 256 g/mol. The van der Waals surface area contributed by atoms with Gasteiger partial charge in [-0.25, -0.2) is 0 Å². The fourth-order valence-corrected chi connectivity index (χ4v) is 2.88. The highest BCUT2D eigenvalue weighted by molar-refractivity contribution is 5.81. The molecule has 2 fully saturated rings. The number of hydrogen-bond donors (Lipinski definition) is 2. The normalized spacial score (nSPS) is 28.2. The Kier molecular flexibility index (Phi) is 4.97. The second kappa shape index (κ2) is 6.50. The molecule has 2 unspecified atom stereocenters. The molecule has 5 nitrogen and oxygen atoms in total. The Morgan fingerprint density at radius 2 is 2.22 bits per heavy atom. The zero-order chi connectivity index (χ0) is 13.0. The van der Waals surface area contributed by atoms with Crippen LogP contribution in [0, 0.1) is 0 Å². The fourth-order valence-electron chi connectivity index (χ4n) is 2.88. The van der Waals surface area contributed by atoms with Crippen molar-refractivity contribution in [2.45, 2.75) is 50.7 Å². The summed E-state index contributed by atoms with van der Waals surface area (Å²) in [6, 6.07) is 0.114. The maximum absolute atomic E-state index is 12.2. The quantitative estimate of drug-likeness (QED) is 0.750. The number of rotatable bonds is 4. The number of ether oxygens (including phenoxy) is 1. The molecule has 104 valence electrons. The van der Waals surface area contributed by atoms with E-state index in [-0.39, 0.29) is 24.6 Å². The standard InChI is InChI=1S/C13H24N2O3/c1-10(13(17)14-11-4-2-3-5-11)15-6-7-18-9-12(15)8-16/h10-12,16H,2-9H2,1H3,(H,14,17). The van der Waals surface area contributed by atoms with Gasteiger partial charge in [0.05, 0.1) is 31.9 Å². The summed E-state index contributed by atoms with van der Waals surface area (Å²) in [5.74, 6) is 0.0854. The van der Waals surface area contributed by atoms with Gasteiger partial charge in [-0.3, -0.25) is 9.69 Å². The van der Waals surface area contributed by atoms with Crippen LogP contribution in [0.5, 0.6) is 0 Å². The van der Waals surface area contributed by atoms with E-state index >= 15 is 0 Å². The van der Waals surface area contributed by atoms with Crippen LogP contribution in [0.2, 0.25) is 0 Å². The molecular formula is C13H24N2O3. The molecule has 1 aliphatic carbocycles. The minimum absolute atomic E-state index is 0.0427. The van der Waals surface area contributed by atoms with Crippen LogP contribution in [0.15, 0.2) is 0 Å². The summed E-state index contributed by atoms with van der Waals surface area (Å²) in [4.78, 5) is 14.2. The van der Waals surface area contributed by atoms with E-state index in [4.69, 9.17) is 4.74 Å². The molecule has 1 heterocycles. The molecule has 0 aromatic rings. The third kappa shape index (κ3) is 3.22. The van der Waals surface area contributed by atoms with Crippen LogP contribution in [-0.4, -0.2) is 60.4 Å². The SMILES string of the molecule is CC(C(=O)NC1CCCC1)N1CCOCC1CO. The van der Waals surface area contributed by atoms with E-state index in [0.717, 1.165) is 12.8 Å². The number of carbonyl (C=O) groups excluding carboxylic acids is 1. The maximum Gasteiger partial charge on any atom is 0.237 e. The lowest BCUT2D eigenvalue weighted by Gasteiger charge is -2.38. The number of amides is 1. The number of morpholine rings is 1. The second-order valence-electron chi connectivity index (χ2n) is 5.32. The Labute approximate surface area is 108 Å². The van der Waals surface area contributed by atoms with Crippen LogP contribution in [0.3, 0.4) is 0 Å². The van der Waals surface area contributed by atoms with Crippen molar-refractivity contribution < 1.29 is 14.6 Å². The lowest BCUT2D eigenvalue weighted by Crippen LogP contribution is -2.56. The molecule has 2 N–H and O–H groups in total. The number of aliphatic hydroxyl groups is 1. The van der Waals surface area contributed by atoms with Crippen molar-refractivity contribution in [3.05, 3.63) is 0 Å². The van der Waals surface area contributed by atoms with Crippen molar-refractivity contribution >= 4 is 5.91 Å².